The van der Waals surface area contributed by atoms with Crippen molar-refractivity contribution in [1.29, 1.82) is 0 Å². The molecular weight excluding hydrogens is 294 g/mol. The minimum Gasteiger partial charge on any atom is -1.00 e. The van der Waals surface area contributed by atoms with Crippen molar-refractivity contribution in [2.24, 2.45) is 0 Å². The number of benzene rings is 1. The maximum atomic E-state index is 11.9. The maximum absolute atomic E-state index is 11.9. The van der Waals surface area contributed by atoms with E-state index in [1.807, 2.05) is 0 Å². The fraction of sp³-hybridized carbons (Fsp3) is 0. The van der Waals surface area contributed by atoms with Crippen LogP contribution in [0.5, 0.6) is 0 Å². The third-order valence-corrected chi connectivity index (χ3v) is 0.787. The summed E-state index contributed by atoms with van der Waals surface area (Å²) in [6, 6.07) is 4.55. The van der Waals surface area contributed by atoms with Crippen LogP contribution >= 0.6 is 0 Å². The Kier molecular flexibility index (Phi) is 14.4. The van der Waals surface area contributed by atoms with Gasteiger partial charge in [0.2, 0.25) is 0 Å². The third-order valence-electron chi connectivity index (χ3n) is 0.787. The first-order valence-corrected chi connectivity index (χ1v) is 2.20. The van der Waals surface area contributed by atoms with Crippen molar-refractivity contribution in [3.63, 3.8) is 0 Å². The van der Waals surface area contributed by atoms with Crippen molar-refractivity contribution < 1.29 is 42.7 Å². The standard InChI is InChI=1S/C6H4F2.2BrH.Mg/c7-5-2-1-3-6(8)4-5;;;/h1-4H;2*1H;/q;;;+2/p-2. The van der Waals surface area contributed by atoms with Gasteiger partial charge < -0.3 is 34.0 Å². The molecule has 0 fully saturated rings. The van der Waals surface area contributed by atoms with Gasteiger partial charge in [0.25, 0.3) is 0 Å². The van der Waals surface area contributed by atoms with Gasteiger partial charge in [-0.1, -0.05) is 6.07 Å². The van der Waals surface area contributed by atoms with Crippen molar-refractivity contribution in [3.05, 3.63) is 35.9 Å². The molecule has 0 unspecified atom stereocenters. The molecule has 0 saturated carbocycles. The molecule has 0 bridgehead atoms. The summed E-state index contributed by atoms with van der Waals surface area (Å²) in [5, 5.41) is 0. The van der Waals surface area contributed by atoms with Gasteiger partial charge in [0.05, 0.1) is 0 Å². The van der Waals surface area contributed by atoms with Crippen molar-refractivity contribution in [3.8, 4) is 0 Å². The average Bonchev–Trinajstić information content (AvgIpc) is 1.64. The monoisotopic (exact) mass is 296 g/mol. The largest absolute Gasteiger partial charge is 2.00 e. The second-order valence-electron chi connectivity index (χ2n) is 1.44. The number of halogens is 4. The van der Waals surface area contributed by atoms with Gasteiger partial charge in [-0.3, -0.25) is 0 Å². The van der Waals surface area contributed by atoms with Gasteiger partial charge in [-0.05, 0) is 12.1 Å². The fourth-order valence-electron chi connectivity index (χ4n) is 0.460. The van der Waals surface area contributed by atoms with E-state index in [9.17, 15) is 8.78 Å². The van der Waals surface area contributed by atoms with E-state index in [1.54, 1.807) is 0 Å². The number of rotatable bonds is 0. The summed E-state index contributed by atoms with van der Waals surface area (Å²) in [4.78, 5) is 0. The van der Waals surface area contributed by atoms with Crippen LogP contribution in [0, 0.1) is 11.6 Å². The van der Waals surface area contributed by atoms with Crippen molar-refractivity contribution in [2.45, 2.75) is 0 Å². The van der Waals surface area contributed by atoms with Crippen LogP contribution in [0.3, 0.4) is 0 Å². The fourth-order valence-corrected chi connectivity index (χ4v) is 0.460. The molecule has 0 spiro atoms. The van der Waals surface area contributed by atoms with E-state index in [2.05, 4.69) is 0 Å². The van der Waals surface area contributed by atoms with Crippen molar-refractivity contribution in [1.82, 2.24) is 0 Å². The summed E-state index contributed by atoms with van der Waals surface area (Å²) in [6.07, 6.45) is 0. The molecule has 0 heterocycles. The molecule has 0 radical (unpaired) electrons. The first kappa shape index (κ1) is 17.8. The van der Waals surface area contributed by atoms with Crippen LogP contribution in [-0.2, 0) is 0 Å². The molecule has 1 rings (SSSR count). The molecule has 5 heteroatoms. The van der Waals surface area contributed by atoms with Crippen LogP contribution in [0.15, 0.2) is 24.3 Å². The van der Waals surface area contributed by atoms with E-state index >= 15 is 0 Å². The Bertz CT molecular complexity index is 178. The topological polar surface area (TPSA) is 0 Å². The molecular formula is C6H4Br2F2Mg. The first-order chi connectivity index (χ1) is 3.79. The molecule has 1 aromatic carbocycles. The molecule has 0 atom stereocenters. The van der Waals surface area contributed by atoms with Gasteiger partial charge in [0, 0.05) is 6.07 Å². The van der Waals surface area contributed by atoms with Gasteiger partial charge in [-0.25, -0.2) is 8.78 Å². The van der Waals surface area contributed by atoms with E-state index in [1.165, 1.54) is 18.2 Å². The van der Waals surface area contributed by atoms with Gasteiger partial charge in [0.15, 0.2) is 0 Å². The van der Waals surface area contributed by atoms with E-state index in [4.69, 9.17) is 0 Å². The Labute approximate surface area is 101 Å². The Morgan fingerprint density at radius 3 is 1.45 bits per heavy atom. The predicted molar refractivity (Wildman–Crippen MR) is 32.1 cm³/mol. The van der Waals surface area contributed by atoms with Gasteiger partial charge in [-0.15, -0.1) is 0 Å². The first-order valence-electron chi connectivity index (χ1n) is 2.20. The number of hydrogen-bond acceptors (Lipinski definition) is 0. The van der Waals surface area contributed by atoms with Crippen LogP contribution in [0.25, 0.3) is 0 Å². The van der Waals surface area contributed by atoms with Crippen molar-refractivity contribution >= 4 is 23.1 Å². The minimum atomic E-state index is -0.537. The van der Waals surface area contributed by atoms with Crippen LogP contribution in [0.1, 0.15) is 0 Å². The quantitative estimate of drug-likeness (QED) is 0.424. The zero-order valence-electron chi connectivity index (χ0n) is 5.53. The molecule has 0 aliphatic heterocycles. The van der Waals surface area contributed by atoms with E-state index in [-0.39, 0.29) is 57.0 Å². The molecule has 0 aliphatic carbocycles. The smallest absolute Gasteiger partial charge is 1.00 e. The molecule has 11 heavy (non-hydrogen) atoms. The third kappa shape index (κ3) is 7.18. The molecule has 0 aromatic heterocycles. The van der Waals surface area contributed by atoms with Crippen LogP contribution < -0.4 is 34.0 Å². The second-order valence-corrected chi connectivity index (χ2v) is 1.44. The summed E-state index contributed by atoms with van der Waals surface area (Å²) in [5.74, 6) is -1.07. The van der Waals surface area contributed by atoms with Crippen LogP contribution in [-0.4, -0.2) is 23.1 Å². The summed E-state index contributed by atoms with van der Waals surface area (Å²) in [7, 11) is 0. The molecule has 0 nitrogen and oxygen atoms in total. The van der Waals surface area contributed by atoms with Crippen LogP contribution in [0.4, 0.5) is 8.78 Å². The van der Waals surface area contributed by atoms with Gasteiger partial charge >= 0.3 is 23.1 Å². The molecule has 0 aliphatic rings. The second kappa shape index (κ2) is 8.90. The normalized spacial score (nSPS) is 6.73. The Hall–Kier alpha value is 0.806. The summed E-state index contributed by atoms with van der Waals surface area (Å²) >= 11 is 0. The zero-order valence-corrected chi connectivity index (χ0v) is 10.1. The Morgan fingerprint density at radius 2 is 1.27 bits per heavy atom. The predicted octanol–water partition coefficient (Wildman–Crippen LogP) is -4.41. The molecule has 0 N–H and O–H groups in total. The average molecular weight is 298 g/mol. The molecule has 1 aromatic rings. The maximum Gasteiger partial charge on any atom is 2.00 e. The Morgan fingerprint density at radius 1 is 0.909 bits per heavy atom. The summed E-state index contributed by atoms with van der Waals surface area (Å²) in [5.41, 5.74) is 0. The zero-order chi connectivity index (χ0) is 5.98. The SMILES string of the molecule is Fc1cccc(F)c1.[Br-].[Br-].[Mg+2]. The van der Waals surface area contributed by atoms with Gasteiger partial charge in [0.1, 0.15) is 11.6 Å². The van der Waals surface area contributed by atoms with Gasteiger partial charge in [-0.2, -0.15) is 0 Å². The van der Waals surface area contributed by atoms with Crippen molar-refractivity contribution in [2.75, 3.05) is 0 Å². The van der Waals surface area contributed by atoms with E-state index in [0.717, 1.165) is 6.07 Å². The van der Waals surface area contributed by atoms with E-state index < -0.39 is 11.6 Å². The summed E-state index contributed by atoms with van der Waals surface area (Å²) in [6.45, 7) is 0. The molecule has 0 amide bonds. The van der Waals surface area contributed by atoms with Crippen LogP contribution in [0.2, 0.25) is 0 Å². The minimum absolute atomic E-state index is 0. The Balaban J connectivity index is -0.000000213. The summed E-state index contributed by atoms with van der Waals surface area (Å²) < 4.78 is 23.9. The number of hydrogen-bond donors (Lipinski definition) is 0. The molecule has 0 saturated heterocycles. The van der Waals surface area contributed by atoms with E-state index in [0.29, 0.717) is 0 Å². The molecule has 58 valence electrons.